The molecule has 1 aromatic carbocycles. The lowest BCUT2D eigenvalue weighted by Gasteiger charge is -2.12. The fourth-order valence-corrected chi connectivity index (χ4v) is 1.86. The summed E-state index contributed by atoms with van der Waals surface area (Å²) in [4.78, 5) is 11.1. The number of benzene rings is 1. The van der Waals surface area contributed by atoms with Gasteiger partial charge in [-0.1, -0.05) is 18.2 Å². The molecule has 0 amide bonds. The average Bonchev–Trinajstić information content (AvgIpc) is 2.31. The molecule has 0 heterocycles. The van der Waals surface area contributed by atoms with E-state index in [0.717, 1.165) is 0 Å². The zero-order chi connectivity index (χ0) is 12.8. The summed E-state index contributed by atoms with van der Waals surface area (Å²) in [7, 11) is 1.34. The van der Waals surface area contributed by atoms with Crippen LogP contribution in [0.2, 0.25) is 0 Å². The van der Waals surface area contributed by atoms with Gasteiger partial charge in [0.15, 0.2) is 0 Å². The highest BCUT2D eigenvalue weighted by Crippen LogP contribution is 2.12. The third-order valence-electron chi connectivity index (χ3n) is 2.73. The summed E-state index contributed by atoms with van der Waals surface area (Å²) < 4.78 is 4.55. The predicted molar refractivity (Wildman–Crippen MR) is 69.3 cm³/mol. The fourth-order valence-electron chi connectivity index (χ4n) is 1.66. The molecular formula is C13H18ClNO2. The van der Waals surface area contributed by atoms with Crippen molar-refractivity contribution in [2.75, 3.05) is 13.7 Å². The monoisotopic (exact) mass is 255 g/mol. The van der Waals surface area contributed by atoms with Crippen LogP contribution in [0.15, 0.2) is 18.2 Å². The first-order chi connectivity index (χ1) is 8.06. The second-order valence-electron chi connectivity index (χ2n) is 3.99. The van der Waals surface area contributed by atoms with Crippen molar-refractivity contribution in [3.63, 3.8) is 0 Å². The highest BCUT2D eigenvalue weighted by molar-refractivity contribution is 6.30. The van der Waals surface area contributed by atoms with Crippen molar-refractivity contribution in [3.8, 4) is 0 Å². The van der Waals surface area contributed by atoms with Crippen LogP contribution in [0.4, 0.5) is 0 Å². The van der Waals surface area contributed by atoms with Crippen molar-refractivity contribution in [2.24, 2.45) is 0 Å². The van der Waals surface area contributed by atoms with Gasteiger partial charge in [-0.25, -0.2) is 0 Å². The van der Waals surface area contributed by atoms with E-state index in [1.807, 2.05) is 6.07 Å². The predicted octanol–water partition coefficient (Wildman–Crippen LogP) is 2.17. The molecule has 0 spiro atoms. The van der Waals surface area contributed by atoms with E-state index in [4.69, 9.17) is 11.6 Å². The van der Waals surface area contributed by atoms with Gasteiger partial charge in [0.25, 0.3) is 0 Å². The van der Waals surface area contributed by atoms with Crippen LogP contribution in [0.5, 0.6) is 0 Å². The van der Waals surface area contributed by atoms with Crippen molar-refractivity contribution in [1.82, 2.24) is 5.32 Å². The van der Waals surface area contributed by atoms with E-state index in [2.05, 4.69) is 36.0 Å². The molecule has 0 radical (unpaired) electrons. The van der Waals surface area contributed by atoms with Gasteiger partial charge in [-0.2, -0.15) is 0 Å². The molecule has 1 N–H and O–H groups in total. The molecular weight excluding hydrogens is 238 g/mol. The second-order valence-corrected chi connectivity index (χ2v) is 4.52. The molecule has 0 aliphatic heterocycles. The maximum Gasteiger partial charge on any atom is 0.325 e. The Hall–Kier alpha value is -1.06. The number of nitrogens with one attached hydrogen (secondary N) is 1. The normalized spacial score (nSPS) is 12.2. The molecule has 0 saturated carbocycles. The Labute approximate surface area is 107 Å². The Kier molecular flexibility index (Phi) is 5.45. The topological polar surface area (TPSA) is 38.3 Å². The molecule has 94 valence electrons. The molecule has 0 bridgehead atoms. The lowest BCUT2D eigenvalue weighted by atomic mass is 10.0. The molecule has 0 aliphatic rings. The number of halogens is 1. The van der Waals surface area contributed by atoms with Gasteiger partial charge in [0.05, 0.1) is 7.11 Å². The van der Waals surface area contributed by atoms with Gasteiger partial charge in [0.1, 0.15) is 5.38 Å². The smallest absolute Gasteiger partial charge is 0.325 e. The minimum absolute atomic E-state index is 0.402. The van der Waals surface area contributed by atoms with Crippen LogP contribution in [0, 0.1) is 13.8 Å². The molecule has 1 rings (SSSR count). The number of esters is 1. The summed E-state index contributed by atoms with van der Waals surface area (Å²) >= 11 is 5.84. The van der Waals surface area contributed by atoms with E-state index in [-0.39, 0.29) is 0 Å². The first-order valence-corrected chi connectivity index (χ1v) is 5.97. The van der Waals surface area contributed by atoms with E-state index in [0.29, 0.717) is 13.1 Å². The molecule has 1 unspecified atom stereocenters. The van der Waals surface area contributed by atoms with Gasteiger partial charge in [-0.3, -0.25) is 4.79 Å². The number of rotatable bonds is 5. The van der Waals surface area contributed by atoms with E-state index in [1.165, 1.54) is 23.8 Å². The third kappa shape index (κ3) is 4.02. The van der Waals surface area contributed by atoms with Crippen LogP contribution in [-0.4, -0.2) is 25.0 Å². The van der Waals surface area contributed by atoms with Gasteiger partial charge in [-0.05, 0) is 30.5 Å². The van der Waals surface area contributed by atoms with Gasteiger partial charge in [0, 0.05) is 13.1 Å². The molecule has 1 aromatic rings. The third-order valence-corrected chi connectivity index (χ3v) is 3.06. The first kappa shape index (κ1) is 14.0. The highest BCUT2D eigenvalue weighted by Gasteiger charge is 2.14. The van der Waals surface area contributed by atoms with E-state index in [9.17, 15) is 4.79 Å². The summed E-state index contributed by atoms with van der Waals surface area (Å²) in [6.07, 6.45) is 0. The summed E-state index contributed by atoms with van der Waals surface area (Å²) in [6, 6.07) is 6.18. The van der Waals surface area contributed by atoms with E-state index >= 15 is 0 Å². The van der Waals surface area contributed by atoms with Gasteiger partial charge in [0.2, 0.25) is 0 Å². The number of hydrogen-bond acceptors (Lipinski definition) is 3. The Bertz CT molecular complexity index is 373. The lowest BCUT2D eigenvalue weighted by molar-refractivity contribution is -0.140. The first-order valence-electron chi connectivity index (χ1n) is 5.54. The molecule has 0 aliphatic carbocycles. The Balaban J connectivity index is 2.49. The maximum atomic E-state index is 11.1. The fraction of sp³-hybridized carbons (Fsp3) is 0.462. The van der Waals surface area contributed by atoms with Gasteiger partial charge < -0.3 is 10.1 Å². The zero-order valence-electron chi connectivity index (χ0n) is 10.4. The standard InChI is InChI=1S/C13H18ClNO2/c1-9-5-4-6-10(2)11(9)7-15-8-12(14)13(16)17-3/h4-6,12,15H,7-8H2,1-3H3. The number of hydrogen-bond donors (Lipinski definition) is 1. The van der Waals surface area contributed by atoms with Crippen LogP contribution in [0.1, 0.15) is 16.7 Å². The van der Waals surface area contributed by atoms with Crippen molar-refractivity contribution in [1.29, 1.82) is 0 Å². The molecule has 1 atom stereocenters. The molecule has 0 fully saturated rings. The number of ether oxygens (including phenoxy) is 1. The van der Waals surface area contributed by atoms with Crippen LogP contribution in [-0.2, 0) is 16.1 Å². The Morgan fingerprint density at radius 1 is 1.41 bits per heavy atom. The largest absolute Gasteiger partial charge is 0.468 e. The summed E-state index contributed by atoms with van der Waals surface area (Å²) in [5.74, 6) is -0.402. The molecule has 4 heteroatoms. The van der Waals surface area contributed by atoms with Crippen LogP contribution in [0.25, 0.3) is 0 Å². The molecule has 0 aromatic heterocycles. The summed E-state index contributed by atoms with van der Waals surface area (Å²) in [6.45, 7) is 5.26. The molecule has 17 heavy (non-hydrogen) atoms. The molecule has 3 nitrogen and oxygen atoms in total. The van der Waals surface area contributed by atoms with Crippen molar-refractivity contribution >= 4 is 17.6 Å². The summed E-state index contributed by atoms with van der Waals surface area (Å²) in [5, 5.41) is 2.53. The van der Waals surface area contributed by atoms with Crippen molar-refractivity contribution in [2.45, 2.75) is 25.8 Å². The number of aryl methyl sites for hydroxylation is 2. The highest BCUT2D eigenvalue weighted by atomic mass is 35.5. The SMILES string of the molecule is COC(=O)C(Cl)CNCc1c(C)cccc1C. The number of carbonyl (C=O) groups is 1. The zero-order valence-corrected chi connectivity index (χ0v) is 11.2. The van der Waals surface area contributed by atoms with Gasteiger partial charge in [-0.15, -0.1) is 11.6 Å². The van der Waals surface area contributed by atoms with E-state index < -0.39 is 11.3 Å². The minimum Gasteiger partial charge on any atom is -0.468 e. The second kappa shape index (κ2) is 6.62. The maximum absolute atomic E-state index is 11.1. The minimum atomic E-state index is -0.635. The van der Waals surface area contributed by atoms with Gasteiger partial charge >= 0.3 is 5.97 Å². The van der Waals surface area contributed by atoms with Crippen LogP contribution < -0.4 is 5.32 Å². The summed E-state index contributed by atoms with van der Waals surface area (Å²) in [5.41, 5.74) is 3.73. The molecule has 0 saturated heterocycles. The van der Waals surface area contributed by atoms with Crippen molar-refractivity contribution < 1.29 is 9.53 Å². The van der Waals surface area contributed by atoms with Crippen LogP contribution in [0.3, 0.4) is 0 Å². The van der Waals surface area contributed by atoms with Crippen molar-refractivity contribution in [3.05, 3.63) is 34.9 Å². The number of methoxy groups -OCH3 is 1. The van der Waals surface area contributed by atoms with E-state index in [1.54, 1.807) is 0 Å². The number of alkyl halides is 1. The Morgan fingerprint density at radius 3 is 2.53 bits per heavy atom. The Morgan fingerprint density at radius 2 is 2.00 bits per heavy atom. The average molecular weight is 256 g/mol. The number of carbonyl (C=O) groups excluding carboxylic acids is 1. The lowest BCUT2D eigenvalue weighted by Crippen LogP contribution is -2.30. The quantitative estimate of drug-likeness (QED) is 0.647. The van der Waals surface area contributed by atoms with Crippen LogP contribution >= 0.6 is 11.6 Å².